The van der Waals surface area contributed by atoms with E-state index in [2.05, 4.69) is 39.1 Å². The standard InChI is InChI=1S/C24H23N3O2S/c1-18-25-11-12-27(18)16-20-7-5-6-19(14-20)15-26-24(28)23-21(10-13-29-23)17-30-22-8-3-2-4-9-22/h2-14H,15-17H2,1H3,(H,26,28). The van der Waals surface area contributed by atoms with Gasteiger partial charge in [-0.15, -0.1) is 11.8 Å². The number of amides is 1. The van der Waals surface area contributed by atoms with E-state index in [0.29, 0.717) is 18.1 Å². The number of nitrogens with zero attached hydrogens (tertiary/aromatic N) is 2. The van der Waals surface area contributed by atoms with Crippen LogP contribution < -0.4 is 5.32 Å². The third-order valence-electron chi connectivity index (χ3n) is 4.81. The molecule has 1 amide bonds. The van der Waals surface area contributed by atoms with Gasteiger partial charge in [-0.3, -0.25) is 4.79 Å². The zero-order chi connectivity index (χ0) is 20.8. The molecule has 0 spiro atoms. The van der Waals surface area contributed by atoms with E-state index in [1.165, 1.54) is 5.56 Å². The molecule has 6 heteroatoms. The van der Waals surface area contributed by atoms with Gasteiger partial charge in [0, 0.05) is 41.7 Å². The highest BCUT2D eigenvalue weighted by atomic mass is 32.2. The first-order chi connectivity index (χ1) is 14.7. The molecule has 0 aliphatic carbocycles. The van der Waals surface area contributed by atoms with Crippen LogP contribution in [0.1, 0.15) is 33.1 Å². The fourth-order valence-electron chi connectivity index (χ4n) is 3.19. The Balaban J connectivity index is 1.36. The second-order valence-corrected chi connectivity index (χ2v) is 8.03. The van der Waals surface area contributed by atoms with Crippen molar-refractivity contribution in [3.05, 3.63) is 108 Å². The topological polar surface area (TPSA) is 60.1 Å². The molecule has 0 bridgehead atoms. The zero-order valence-electron chi connectivity index (χ0n) is 16.7. The average molecular weight is 418 g/mol. The molecule has 0 radical (unpaired) electrons. The van der Waals surface area contributed by atoms with Crippen LogP contribution in [-0.2, 0) is 18.8 Å². The van der Waals surface area contributed by atoms with Gasteiger partial charge in [0.05, 0.1) is 6.26 Å². The molecule has 152 valence electrons. The lowest BCUT2D eigenvalue weighted by Gasteiger charge is -2.09. The molecular formula is C24H23N3O2S. The highest BCUT2D eigenvalue weighted by molar-refractivity contribution is 7.98. The van der Waals surface area contributed by atoms with Crippen molar-refractivity contribution < 1.29 is 9.21 Å². The lowest BCUT2D eigenvalue weighted by Crippen LogP contribution is -2.23. The summed E-state index contributed by atoms with van der Waals surface area (Å²) in [7, 11) is 0. The fourth-order valence-corrected chi connectivity index (χ4v) is 4.09. The minimum Gasteiger partial charge on any atom is -0.459 e. The Hall–Kier alpha value is -3.25. The highest BCUT2D eigenvalue weighted by Crippen LogP contribution is 2.24. The maximum absolute atomic E-state index is 12.7. The Kier molecular flexibility index (Phi) is 6.35. The van der Waals surface area contributed by atoms with Gasteiger partial charge in [-0.1, -0.05) is 42.5 Å². The van der Waals surface area contributed by atoms with Crippen molar-refractivity contribution in [3.63, 3.8) is 0 Å². The smallest absolute Gasteiger partial charge is 0.287 e. The van der Waals surface area contributed by atoms with E-state index in [1.54, 1.807) is 24.2 Å². The van der Waals surface area contributed by atoms with Gasteiger partial charge >= 0.3 is 0 Å². The van der Waals surface area contributed by atoms with Crippen molar-refractivity contribution >= 4 is 17.7 Å². The summed E-state index contributed by atoms with van der Waals surface area (Å²) < 4.78 is 7.57. The van der Waals surface area contributed by atoms with Crippen LogP contribution >= 0.6 is 11.8 Å². The first kappa shape index (κ1) is 20.0. The molecule has 0 saturated heterocycles. The van der Waals surface area contributed by atoms with Gasteiger partial charge in [0.15, 0.2) is 5.76 Å². The predicted molar refractivity (Wildman–Crippen MR) is 118 cm³/mol. The van der Waals surface area contributed by atoms with Crippen LogP contribution in [0, 0.1) is 6.92 Å². The largest absolute Gasteiger partial charge is 0.459 e. The lowest BCUT2D eigenvalue weighted by atomic mass is 10.1. The van der Waals surface area contributed by atoms with E-state index in [9.17, 15) is 4.79 Å². The Morgan fingerprint density at radius 2 is 1.93 bits per heavy atom. The molecule has 0 fully saturated rings. The molecule has 2 aromatic carbocycles. The zero-order valence-corrected chi connectivity index (χ0v) is 17.6. The number of rotatable bonds is 8. The van der Waals surface area contributed by atoms with E-state index in [1.807, 2.05) is 49.5 Å². The number of aromatic nitrogens is 2. The van der Waals surface area contributed by atoms with Gasteiger partial charge < -0.3 is 14.3 Å². The monoisotopic (exact) mass is 417 g/mol. The molecule has 30 heavy (non-hydrogen) atoms. The molecule has 4 rings (SSSR count). The van der Waals surface area contributed by atoms with E-state index in [-0.39, 0.29) is 5.91 Å². The number of aryl methyl sites for hydroxylation is 1. The molecule has 0 unspecified atom stereocenters. The number of hydrogen-bond donors (Lipinski definition) is 1. The molecule has 2 heterocycles. The Morgan fingerprint density at radius 3 is 2.73 bits per heavy atom. The Bertz CT molecular complexity index is 1120. The molecule has 0 saturated carbocycles. The number of carbonyl (C=O) groups excluding carboxylic acids is 1. The fraction of sp³-hybridized carbons (Fsp3) is 0.167. The van der Waals surface area contributed by atoms with Gasteiger partial charge in [0.25, 0.3) is 5.91 Å². The SMILES string of the molecule is Cc1nccn1Cc1cccc(CNC(=O)c2occc2CSc2ccccc2)c1. The molecular weight excluding hydrogens is 394 g/mol. The summed E-state index contributed by atoms with van der Waals surface area (Å²) in [5, 5.41) is 2.98. The second kappa shape index (κ2) is 9.50. The number of furan rings is 1. The van der Waals surface area contributed by atoms with Crippen LogP contribution in [0.25, 0.3) is 0 Å². The van der Waals surface area contributed by atoms with Gasteiger partial charge in [-0.05, 0) is 36.2 Å². The van der Waals surface area contributed by atoms with Crippen LogP contribution in [0.2, 0.25) is 0 Å². The first-order valence-electron chi connectivity index (χ1n) is 9.77. The van der Waals surface area contributed by atoms with Crippen LogP contribution in [0.4, 0.5) is 0 Å². The minimum atomic E-state index is -0.195. The summed E-state index contributed by atoms with van der Waals surface area (Å²) in [5.41, 5.74) is 3.11. The Labute approximate surface area is 180 Å². The van der Waals surface area contributed by atoms with Gasteiger partial charge in [-0.2, -0.15) is 0 Å². The predicted octanol–water partition coefficient (Wildman–Crippen LogP) is 5.06. The van der Waals surface area contributed by atoms with Crippen LogP contribution in [-0.4, -0.2) is 15.5 Å². The van der Waals surface area contributed by atoms with Crippen LogP contribution in [0.3, 0.4) is 0 Å². The number of nitrogens with one attached hydrogen (secondary N) is 1. The summed E-state index contributed by atoms with van der Waals surface area (Å²) in [6.07, 6.45) is 5.34. The van der Waals surface area contributed by atoms with Crippen molar-refractivity contribution in [1.82, 2.24) is 14.9 Å². The van der Waals surface area contributed by atoms with Crippen LogP contribution in [0.5, 0.6) is 0 Å². The van der Waals surface area contributed by atoms with E-state index < -0.39 is 0 Å². The van der Waals surface area contributed by atoms with Gasteiger partial charge in [0.1, 0.15) is 5.82 Å². The molecule has 0 atom stereocenters. The first-order valence-corrected chi connectivity index (χ1v) is 10.8. The number of hydrogen-bond acceptors (Lipinski definition) is 4. The lowest BCUT2D eigenvalue weighted by molar-refractivity contribution is 0.0922. The number of carbonyl (C=O) groups is 1. The number of thioether (sulfide) groups is 1. The van der Waals surface area contributed by atoms with E-state index >= 15 is 0 Å². The van der Waals surface area contributed by atoms with Crippen LogP contribution in [0.15, 0.2) is 88.6 Å². The summed E-state index contributed by atoms with van der Waals surface area (Å²) in [5.74, 6) is 1.85. The molecule has 2 aromatic heterocycles. The van der Waals surface area contributed by atoms with Gasteiger partial charge in [-0.25, -0.2) is 4.98 Å². The van der Waals surface area contributed by atoms with E-state index in [4.69, 9.17) is 4.42 Å². The molecule has 0 aliphatic heterocycles. The third kappa shape index (κ3) is 5.02. The molecule has 0 aliphatic rings. The summed E-state index contributed by atoms with van der Waals surface area (Å²) in [4.78, 5) is 18.1. The normalized spacial score (nSPS) is 10.8. The van der Waals surface area contributed by atoms with Crippen molar-refractivity contribution in [1.29, 1.82) is 0 Å². The molecule has 4 aromatic rings. The quantitative estimate of drug-likeness (QED) is 0.407. The summed E-state index contributed by atoms with van der Waals surface area (Å²) in [6, 6.07) is 20.2. The number of imidazole rings is 1. The van der Waals surface area contributed by atoms with Crippen molar-refractivity contribution in [2.24, 2.45) is 0 Å². The molecule has 1 N–H and O–H groups in total. The summed E-state index contributed by atoms with van der Waals surface area (Å²) >= 11 is 1.68. The second-order valence-electron chi connectivity index (χ2n) is 6.98. The molecule has 5 nitrogen and oxygen atoms in total. The van der Waals surface area contributed by atoms with E-state index in [0.717, 1.165) is 28.4 Å². The van der Waals surface area contributed by atoms with Gasteiger partial charge in [0.2, 0.25) is 0 Å². The third-order valence-corrected chi connectivity index (χ3v) is 5.87. The maximum Gasteiger partial charge on any atom is 0.287 e. The average Bonchev–Trinajstić information content (AvgIpc) is 3.41. The van der Waals surface area contributed by atoms with Crippen molar-refractivity contribution in [2.45, 2.75) is 30.7 Å². The summed E-state index contributed by atoms with van der Waals surface area (Å²) in [6.45, 7) is 3.19. The number of benzene rings is 2. The Morgan fingerprint density at radius 1 is 1.10 bits per heavy atom. The van der Waals surface area contributed by atoms with Crippen molar-refractivity contribution in [3.8, 4) is 0 Å². The maximum atomic E-state index is 12.7. The van der Waals surface area contributed by atoms with Crippen molar-refractivity contribution in [2.75, 3.05) is 0 Å². The highest BCUT2D eigenvalue weighted by Gasteiger charge is 2.15. The minimum absolute atomic E-state index is 0.195.